The van der Waals surface area contributed by atoms with Crippen LogP contribution in [0.15, 0.2) is 98.6 Å². The summed E-state index contributed by atoms with van der Waals surface area (Å²) < 4.78 is 16.9. The number of anilines is 1. The van der Waals surface area contributed by atoms with Gasteiger partial charge in [-0.05, 0) is 42.0 Å². The maximum atomic E-state index is 12.6. The van der Waals surface area contributed by atoms with Gasteiger partial charge in [0, 0.05) is 11.8 Å². The number of hydrogen-bond donors (Lipinski definition) is 1. The van der Waals surface area contributed by atoms with Crippen molar-refractivity contribution >= 4 is 33.7 Å². The van der Waals surface area contributed by atoms with Crippen molar-refractivity contribution in [2.45, 2.75) is 6.61 Å². The highest BCUT2D eigenvalue weighted by atomic mass is 16.5. The lowest BCUT2D eigenvalue weighted by Gasteiger charge is -2.08. The molecule has 0 bridgehead atoms. The van der Waals surface area contributed by atoms with Crippen LogP contribution in [0.2, 0.25) is 0 Å². The summed E-state index contributed by atoms with van der Waals surface area (Å²) in [5, 5.41) is 3.42. The van der Waals surface area contributed by atoms with Gasteiger partial charge in [-0.2, -0.15) is 0 Å². The van der Waals surface area contributed by atoms with E-state index in [4.69, 9.17) is 13.6 Å². The Morgan fingerprint density at radius 2 is 1.58 bits per heavy atom. The molecular weight excluding hydrogens is 394 g/mol. The van der Waals surface area contributed by atoms with Crippen molar-refractivity contribution in [2.75, 3.05) is 5.32 Å². The Balaban J connectivity index is 1.31. The summed E-state index contributed by atoms with van der Waals surface area (Å²) in [7, 11) is 0. The third-order valence-electron chi connectivity index (χ3n) is 4.86. The number of carbonyl (C=O) groups excluding carboxylic acids is 1. The van der Waals surface area contributed by atoms with Crippen LogP contribution in [0.1, 0.15) is 16.1 Å². The lowest BCUT2D eigenvalue weighted by Crippen LogP contribution is -2.10. The van der Waals surface area contributed by atoms with Crippen molar-refractivity contribution in [3.05, 3.63) is 106 Å². The number of amides is 1. The van der Waals surface area contributed by atoms with Crippen LogP contribution in [-0.2, 0) is 6.61 Å². The van der Waals surface area contributed by atoms with Crippen molar-refractivity contribution in [3.8, 4) is 5.75 Å². The minimum absolute atomic E-state index is 0.00411. The van der Waals surface area contributed by atoms with Crippen LogP contribution in [0.4, 0.5) is 5.69 Å². The lowest BCUT2D eigenvalue weighted by molar-refractivity contribution is 0.0997. The summed E-state index contributed by atoms with van der Waals surface area (Å²) in [5.41, 5.74) is 1.81. The molecule has 0 saturated heterocycles. The maximum Gasteiger partial charge on any atom is 0.302 e. The molecular formula is C25H17NO5. The van der Waals surface area contributed by atoms with E-state index in [9.17, 15) is 9.59 Å². The fourth-order valence-corrected chi connectivity index (χ4v) is 3.28. The minimum Gasteiger partial charge on any atom is -0.489 e. The fraction of sp³-hybridized carbons (Fsp3) is 0.0400. The van der Waals surface area contributed by atoms with Crippen LogP contribution in [0, 0.1) is 0 Å². The zero-order valence-electron chi connectivity index (χ0n) is 16.3. The molecule has 0 aliphatic heterocycles. The van der Waals surface area contributed by atoms with Crippen molar-refractivity contribution in [3.63, 3.8) is 0 Å². The molecule has 152 valence electrons. The summed E-state index contributed by atoms with van der Waals surface area (Å²) in [6.45, 7) is 0.459. The van der Waals surface area contributed by atoms with Gasteiger partial charge in [0.1, 0.15) is 23.3 Å². The maximum absolute atomic E-state index is 12.6. The fourth-order valence-electron chi connectivity index (χ4n) is 3.28. The third-order valence-corrected chi connectivity index (χ3v) is 4.86. The van der Waals surface area contributed by atoms with Gasteiger partial charge in [0.2, 0.25) is 5.43 Å². The summed E-state index contributed by atoms with van der Waals surface area (Å²) in [4.78, 5) is 25.2. The SMILES string of the molecule is O=C(Nc1ccc(OCc2ccccc2)cc1)c1cc2c(=O)c3ccccc3oc2o1. The predicted octanol–water partition coefficient (Wildman–Crippen LogP) is 5.37. The minimum atomic E-state index is -0.479. The first-order chi connectivity index (χ1) is 15.2. The number of hydrogen-bond acceptors (Lipinski definition) is 5. The molecule has 6 nitrogen and oxygen atoms in total. The summed E-state index contributed by atoms with van der Waals surface area (Å²) >= 11 is 0. The standard InChI is InChI=1S/C25H17NO5/c27-23-19-8-4-5-9-21(19)30-25-20(23)14-22(31-25)24(28)26-17-10-12-18(13-11-17)29-15-16-6-2-1-3-7-16/h1-14H,15H2,(H,26,28). The van der Waals surface area contributed by atoms with E-state index in [2.05, 4.69) is 5.32 Å². The largest absolute Gasteiger partial charge is 0.489 e. The second-order valence-corrected chi connectivity index (χ2v) is 6.99. The van der Waals surface area contributed by atoms with E-state index >= 15 is 0 Å². The van der Waals surface area contributed by atoms with Crippen molar-refractivity contribution in [1.29, 1.82) is 0 Å². The van der Waals surface area contributed by atoms with Crippen molar-refractivity contribution in [2.24, 2.45) is 0 Å². The van der Waals surface area contributed by atoms with Gasteiger partial charge < -0.3 is 18.9 Å². The molecule has 1 amide bonds. The van der Waals surface area contributed by atoms with Crippen LogP contribution >= 0.6 is 0 Å². The molecule has 31 heavy (non-hydrogen) atoms. The second-order valence-electron chi connectivity index (χ2n) is 6.99. The zero-order chi connectivity index (χ0) is 21.2. The molecule has 2 heterocycles. The topological polar surface area (TPSA) is 81.7 Å². The summed E-state index contributed by atoms with van der Waals surface area (Å²) in [6.07, 6.45) is 0. The Morgan fingerprint density at radius 3 is 2.39 bits per heavy atom. The first-order valence-corrected chi connectivity index (χ1v) is 9.71. The molecule has 2 aromatic heterocycles. The van der Waals surface area contributed by atoms with E-state index in [-0.39, 0.29) is 22.4 Å². The Bertz CT molecular complexity index is 1430. The van der Waals surface area contributed by atoms with Gasteiger partial charge in [-0.1, -0.05) is 42.5 Å². The molecule has 0 aliphatic carbocycles. The van der Waals surface area contributed by atoms with E-state index in [0.717, 1.165) is 5.56 Å². The highest BCUT2D eigenvalue weighted by Gasteiger charge is 2.17. The van der Waals surface area contributed by atoms with E-state index in [1.54, 1.807) is 48.5 Å². The zero-order valence-corrected chi connectivity index (χ0v) is 16.3. The average Bonchev–Trinajstić information content (AvgIpc) is 3.24. The molecule has 0 aliphatic rings. The summed E-state index contributed by atoms with van der Waals surface area (Å²) in [6, 6.07) is 25.2. The molecule has 3 aromatic carbocycles. The van der Waals surface area contributed by atoms with E-state index in [1.165, 1.54) is 6.07 Å². The number of fused-ring (bicyclic) bond motifs is 2. The van der Waals surface area contributed by atoms with Gasteiger partial charge in [0.05, 0.1) is 5.39 Å². The Morgan fingerprint density at radius 1 is 0.839 bits per heavy atom. The predicted molar refractivity (Wildman–Crippen MR) is 117 cm³/mol. The molecule has 0 radical (unpaired) electrons. The van der Waals surface area contributed by atoms with Gasteiger partial charge in [0.25, 0.3) is 5.91 Å². The molecule has 0 saturated carbocycles. The quantitative estimate of drug-likeness (QED) is 0.420. The van der Waals surface area contributed by atoms with Gasteiger partial charge in [-0.3, -0.25) is 9.59 Å². The number of para-hydroxylation sites is 1. The van der Waals surface area contributed by atoms with Crippen LogP contribution < -0.4 is 15.5 Å². The lowest BCUT2D eigenvalue weighted by atomic mass is 10.2. The highest BCUT2D eigenvalue weighted by molar-refractivity contribution is 6.04. The van der Waals surface area contributed by atoms with E-state index in [1.807, 2.05) is 30.3 Å². The summed E-state index contributed by atoms with van der Waals surface area (Å²) in [5.74, 6) is 0.231. The van der Waals surface area contributed by atoms with Gasteiger partial charge in [-0.15, -0.1) is 0 Å². The number of benzene rings is 3. The normalized spacial score (nSPS) is 11.0. The Labute approximate surface area is 176 Å². The van der Waals surface area contributed by atoms with Gasteiger partial charge in [0.15, 0.2) is 5.76 Å². The van der Waals surface area contributed by atoms with E-state index < -0.39 is 5.91 Å². The molecule has 0 atom stereocenters. The number of rotatable bonds is 5. The number of ether oxygens (including phenoxy) is 1. The van der Waals surface area contributed by atoms with E-state index in [0.29, 0.717) is 29.0 Å². The Kier molecular flexibility index (Phi) is 4.72. The number of carbonyl (C=O) groups is 1. The van der Waals surface area contributed by atoms with Crippen LogP contribution in [-0.4, -0.2) is 5.91 Å². The average molecular weight is 411 g/mol. The highest BCUT2D eigenvalue weighted by Crippen LogP contribution is 2.23. The monoisotopic (exact) mass is 411 g/mol. The second kappa shape index (κ2) is 7.84. The molecule has 1 N–H and O–H groups in total. The molecule has 6 heteroatoms. The van der Waals surface area contributed by atoms with Gasteiger partial charge in [-0.25, -0.2) is 0 Å². The molecule has 0 fully saturated rings. The van der Waals surface area contributed by atoms with Crippen LogP contribution in [0.25, 0.3) is 22.1 Å². The first-order valence-electron chi connectivity index (χ1n) is 9.71. The van der Waals surface area contributed by atoms with Crippen molar-refractivity contribution < 1.29 is 18.4 Å². The number of nitrogens with one attached hydrogen (secondary N) is 1. The van der Waals surface area contributed by atoms with Crippen molar-refractivity contribution in [1.82, 2.24) is 0 Å². The molecule has 0 unspecified atom stereocenters. The molecule has 5 aromatic rings. The third kappa shape index (κ3) is 3.79. The molecule has 5 rings (SSSR count). The Hall–Kier alpha value is -4.32. The first kappa shape index (κ1) is 18.7. The van der Waals surface area contributed by atoms with Crippen LogP contribution in [0.5, 0.6) is 5.75 Å². The van der Waals surface area contributed by atoms with Gasteiger partial charge >= 0.3 is 5.78 Å². The van der Waals surface area contributed by atoms with Crippen LogP contribution in [0.3, 0.4) is 0 Å². The number of furan rings is 1. The smallest absolute Gasteiger partial charge is 0.302 e. The molecule has 0 spiro atoms.